The molecule has 3 atom stereocenters. The molecule has 84 valence electrons. The van der Waals surface area contributed by atoms with Crippen molar-refractivity contribution < 1.29 is 0 Å². The van der Waals surface area contributed by atoms with E-state index in [-0.39, 0.29) is 0 Å². The Morgan fingerprint density at radius 1 is 0.929 bits per heavy atom. The number of hydrogen-bond donors (Lipinski definition) is 0. The molecule has 0 aromatic carbocycles. The molecule has 0 N–H and O–H groups in total. The van der Waals surface area contributed by atoms with E-state index in [1.807, 2.05) is 13.8 Å². The first-order valence-corrected chi connectivity index (χ1v) is 6.42. The maximum atomic E-state index is 2.54. The maximum Gasteiger partial charge on any atom is 0.000693 e. The molecule has 2 bridgehead atoms. The molecule has 1 heterocycles. The van der Waals surface area contributed by atoms with Crippen molar-refractivity contribution in [1.29, 1.82) is 0 Å². The van der Waals surface area contributed by atoms with Crippen LogP contribution < -0.4 is 0 Å². The Bertz CT molecular complexity index is 153. The molecule has 2 fully saturated rings. The number of hydrogen-bond acceptors (Lipinski definition) is 1. The molecule has 14 heavy (non-hydrogen) atoms. The van der Waals surface area contributed by atoms with Crippen LogP contribution >= 0.6 is 0 Å². The molecule has 0 amide bonds. The first-order chi connectivity index (χ1) is 6.74. The van der Waals surface area contributed by atoms with E-state index in [4.69, 9.17) is 0 Å². The van der Waals surface area contributed by atoms with E-state index in [2.05, 4.69) is 18.9 Å². The number of likely N-dealkylation sites (tertiary alicyclic amines) is 1. The summed E-state index contributed by atoms with van der Waals surface area (Å²) in [5.41, 5.74) is 0. The van der Waals surface area contributed by atoms with Crippen molar-refractivity contribution in [3.05, 3.63) is 0 Å². The Hall–Kier alpha value is -0.0400. The Morgan fingerprint density at radius 3 is 2.29 bits per heavy atom. The lowest BCUT2D eigenvalue weighted by Crippen LogP contribution is -2.36. The van der Waals surface area contributed by atoms with Crippen molar-refractivity contribution >= 4 is 0 Å². The summed E-state index contributed by atoms with van der Waals surface area (Å²) >= 11 is 0. The molecule has 0 aromatic heterocycles. The van der Waals surface area contributed by atoms with E-state index < -0.39 is 0 Å². The molecule has 0 spiro atoms. The Labute approximate surface area is 89.9 Å². The molecule has 0 radical (unpaired) electrons. The van der Waals surface area contributed by atoms with Crippen molar-refractivity contribution in [3.8, 4) is 0 Å². The van der Waals surface area contributed by atoms with Crippen molar-refractivity contribution in [2.45, 2.75) is 46.5 Å². The van der Waals surface area contributed by atoms with Crippen LogP contribution in [0.3, 0.4) is 0 Å². The van der Waals surface area contributed by atoms with E-state index in [1.165, 1.54) is 38.8 Å². The summed E-state index contributed by atoms with van der Waals surface area (Å²) in [7, 11) is 2.29. The number of fused-ring (bicyclic) bond motifs is 2. The van der Waals surface area contributed by atoms with Crippen LogP contribution in [-0.2, 0) is 0 Å². The molecule has 0 aromatic rings. The zero-order chi connectivity index (χ0) is 10.6. The van der Waals surface area contributed by atoms with Gasteiger partial charge in [0.25, 0.3) is 0 Å². The van der Waals surface area contributed by atoms with Crippen LogP contribution in [-0.4, -0.2) is 25.0 Å². The highest BCUT2D eigenvalue weighted by molar-refractivity contribution is 4.82. The minimum atomic E-state index is 0.992. The third kappa shape index (κ3) is 3.27. The normalized spacial score (nSPS) is 38.1. The monoisotopic (exact) mass is 197 g/mol. The second-order valence-corrected chi connectivity index (χ2v) is 5.11. The van der Waals surface area contributed by atoms with Crippen LogP contribution in [0.4, 0.5) is 0 Å². The summed E-state index contributed by atoms with van der Waals surface area (Å²) < 4.78 is 0. The smallest absolute Gasteiger partial charge is 0.000693 e. The zero-order valence-electron chi connectivity index (χ0n) is 10.4. The summed E-state index contributed by atoms with van der Waals surface area (Å²) in [6.45, 7) is 9.16. The Kier molecular flexibility index (Phi) is 4.94. The van der Waals surface area contributed by atoms with Crippen LogP contribution in [0.15, 0.2) is 0 Å². The van der Waals surface area contributed by atoms with Gasteiger partial charge >= 0.3 is 0 Å². The lowest BCUT2D eigenvalue weighted by molar-refractivity contribution is 0.152. The Morgan fingerprint density at radius 2 is 1.57 bits per heavy atom. The highest BCUT2D eigenvalue weighted by Gasteiger charge is 2.29. The SMILES string of the molecule is CC.CC1CCC2CC(C1)CN(C)C2. The quantitative estimate of drug-likeness (QED) is 0.575. The molecule has 1 aliphatic heterocycles. The average Bonchev–Trinajstić information content (AvgIpc) is 2.28. The molecule has 1 nitrogen and oxygen atoms in total. The fraction of sp³-hybridized carbons (Fsp3) is 1.00. The summed E-state index contributed by atoms with van der Waals surface area (Å²) in [5.74, 6) is 3.04. The van der Waals surface area contributed by atoms with Gasteiger partial charge in [0, 0.05) is 13.1 Å². The Balaban J connectivity index is 0.000000461. The first-order valence-electron chi connectivity index (χ1n) is 6.42. The van der Waals surface area contributed by atoms with Crippen LogP contribution in [0.2, 0.25) is 0 Å². The van der Waals surface area contributed by atoms with Gasteiger partial charge in [-0.3, -0.25) is 0 Å². The summed E-state index contributed by atoms with van der Waals surface area (Å²) in [5, 5.41) is 0. The van der Waals surface area contributed by atoms with Crippen LogP contribution in [0.25, 0.3) is 0 Å². The second-order valence-electron chi connectivity index (χ2n) is 5.11. The first kappa shape index (κ1) is 12.0. The standard InChI is InChI=1S/C11H21N.C2H6/c1-9-3-4-10-6-11(5-9)8-12(2)7-10;1-2/h9-11H,3-8H2,1-2H3;1-2H3. The van der Waals surface area contributed by atoms with Gasteiger partial charge in [-0.15, -0.1) is 0 Å². The van der Waals surface area contributed by atoms with Gasteiger partial charge in [-0.1, -0.05) is 27.2 Å². The molecule has 2 aliphatic rings. The molecule has 2 rings (SSSR count). The highest BCUT2D eigenvalue weighted by Crippen LogP contribution is 2.34. The predicted molar refractivity (Wildman–Crippen MR) is 63.5 cm³/mol. The number of rotatable bonds is 0. The van der Waals surface area contributed by atoms with E-state index in [9.17, 15) is 0 Å². The molecular formula is C13H27N. The van der Waals surface area contributed by atoms with Gasteiger partial charge in [0.2, 0.25) is 0 Å². The van der Waals surface area contributed by atoms with E-state index in [0.717, 1.165) is 17.8 Å². The zero-order valence-corrected chi connectivity index (χ0v) is 10.4. The van der Waals surface area contributed by atoms with Crippen LogP contribution in [0.1, 0.15) is 46.5 Å². The van der Waals surface area contributed by atoms with Crippen molar-refractivity contribution in [2.75, 3.05) is 20.1 Å². The van der Waals surface area contributed by atoms with Gasteiger partial charge in [-0.25, -0.2) is 0 Å². The van der Waals surface area contributed by atoms with E-state index in [1.54, 1.807) is 0 Å². The van der Waals surface area contributed by atoms with Gasteiger partial charge in [0.15, 0.2) is 0 Å². The largest absolute Gasteiger partial charge is 0.306 e. The average molecular weight is 197 g/mol. The van der Waals surface area contributed by atoms with Gasteiger partial charge in [-0.2, -0.15) is 0 Å². The molecule has 1 heteroatoms. The third-order valence-electron chi connectivity index (χ3n) is 3.61. The number of piperidine rings is 1. The third-order valence-corrected chi connectivity index (χ3v) is 3.61. The highest BCUT2D eigenvalue weighted by atomic mass is 15.1. The van der Waals surface area contributed by atoms with Crippen LogP contribution in [0, 0.1) is 17.8 Å². The molecular weight excluding hydrogens is 170 g/mol. The lowest BCUT2D eigenvalue weighted by atomic mass is 9.88. The van der Waals surface area contributed by atoms with E-state index >= 15 is 0 Å². The van der Waals surface area contributed by atoms with Crippen molar-refractivity contribution in [2.24, 2.45) is 17.8 Å². The summed E-state index contributed by atoms with van der Waals surface area (Å²) in [6.07, 6.45) is 5.98. The van der Waals surface area contributed by atoms with Gasteiger partial charge < -0.3 is 4.90 Å². The van der Waals surface area contributed by atoms with Crippen LogP contribution in [0.5, 0.6) is 0 Å². The fourth-order valence-corrected chi connectivity index (χ4v) is 3.16. The molecule has 1 aliphatic carbocycles. The number of nitrogens with zero attached hydrogens (tertiary/aromatic N) is 1. The minimum Gasteiger partial charge on any atom is -0.306 e. The van der Waals surface area contributed by atoms with Crippen molar-refractivity contribution in [1.82, 2.24) is 4.90 Å². The van der Waals surface area contributed by atoms with Crippen molar-refractivity contribution in [3.63, 3.8) is 0 Å². The lowest BCUT2D eigenvalue weighted by Gasteiger charge is -2.33. The molecule has 1 saturated heterocycles. The van der Waals surface area contributed by atoms with E-state index in [0.29, 0.717) is 0 Å². The summed E-state index contributed by atoms with van der Waals surface area (Å²) in [6, 6.07) is 0. The topological polar surface area (TPSA) is 3.24 Å². The second kappa shape index (κ2) is 5.75. The van der Waals surface area contributed by atoms with Gasteiger partial charge in [-0.05, 0) is 44.1 Å². The fourth-order valence-electron chi connectivity index (χ4n) is 3.16. The van der Waals surface area contributed by atoms with Gasteiger partial charge in [0.05, 0.1) is 0 Å². The van der Waals surface area contributed by atoms with Gasteiger partial charge in [0.1, 0.15) is 0 Å². The minimum absolute atomic E-state index is 0.992. The maximum absolute atomic E-state index is 2.54. The predicted octanol–water partition coefficient (Wildman–Crippen LogP) is 3.40. The molecule has 1 saturated carbocycles. The summed E-state index contributed by atoms with van der Waals surface area (Å²) in [4.78, 5) is 2.54. The molecule has 3 unspecified atom stereocenters.